The van der Waals surface area contributed by atoms with Crippen LogP contribution in [0.5, 0.6) is 0 Å². The third-order valence-electron chi connectivity index (χ3n) is 2.54. The van der Waals surface area contributed by atoms with Gasteiger partial charge in [0, 0.05) is 19.3 Å². The molecule has 0 unspecified atom stereocenters. The molecule has 0 saturated carbocycles. The second-order valence-corrected chi connectivity index (χ2v) is 4.44. The smallest absolute Gasteiger partial charge is 0.250 e. The van der Waals surface area contributed by atoms with E-state index in [1.807, 2.05) is 6.20 Å². The Morgan fingerprint density at radius 1 is 1.07 bits per heavy atom. The number of nitrogens with zero attached hydrogens (tertiary/aromatic N) is 1. The van der Waals surface area contributed by atoms with Crippen LogP contribution < -0.4 is 5.56 Å². The third-order valence-corrected chi connectivity index (χ3v) is 2.54. The van der Waals surface area contributed by atoms with Crippen molar-refractivity contribution in [3.05, 3.63) is 33.7 Å². The maximum atomic E-state index is 11.5. The van der Waals surface area contributed by atoms with Gasteiger partial charge in [-0.25, -0.2) is 0 Å². The van der Waals surface area contributed by atoms with Crippen molar-refractivity contribution in [3.8, 4) is 0 Å². The van der Waals surface area contributed by atoms with Crippen LogP contribution in [0.2, 0.25) is 0 Å². The summed E-state index contributed by atoms with van der Waals surface area (Å²) in [6.07, 6.45) is 1.96. The molecule has 1 heterocycles. The summed E-state index contributed by atoms with van der Waals surface area (Å²) < 4.78 is 1.65. The first-order valence-electron chi connectivity index (χ1n) is 5.14. The van der Waals surface area contributed by atoms with Crippen LogP contribution in [0.4, 0.5) is 0 Å². The van der Waals surface area contributed by atoms with Gasteiger partial charge in [0.05, 0.1) is 0 Å². The predicted molar refractivity (Wildman–Crippen MR) is 59.9 cm³/mol. The molecule has 78 valence electrons. The normalized spacial score (nSPS) is 11.4. The van der Waals surface area contributed by atoms with Crippen LogP contribution in [0.25, 0.3) is 0 Å². The van der Waals surface area contributed by atoms with E-state index in [9.17, 15) is 4.79 Å². The van der Waals surface area contributed by atoms with E-state index in [0.717, 1.165) is 0 Å². The molecule has 0 N–H and O–H groups in total. The minimum Gasteiger partial charge on any atom is -0.318 e. The molecular formula is C12H19NO. The van der Waals surface area contributed by atoms with Gasteiger partial charge in [-0.2, -0.15) is 0 Å². The average Bonchev–Trinajstić information content (AvgIpc) is 2.08. The van der Waals surface area contributed by atoms with Crippen molar-refractivity contribution in [3.63, 3.8) is 0 Å². The molecule has 0 aliphatic heterocycles. The molecule has 0 aromatic carbocycles. The van der Waals surface area contributed by atoms with Crippen LogP contribution in [0, 0.1) is 0 Å². The van der Waals surface area contributed by atoms with E-state index >= 15 is 0 Å². The first-order valence-corrected chi connectivity index (χ1v) is 5.14. The molecular weight excluding hydrogens is 174 g/mol. The van der Waals surface area contributed by atoms with E-state index in [1.165, 1.54) is 11.1 Å². The summed E-state index contributed by atoms with van der Waals surface area (Å²) in [4.78, 5) is 11.5. The molecule has 1 aromatic heterocycles. The van der Waals surface area contributed by atoms with Gasteiger partial charge in [0.2, 0.25) is 0 Å². The molecule has 0 aliphatic carbocycles. The third kappa shape index (κ3) is 2.06. The van der Waals surface area contributed by atoms with Crippen molar-refractivity contribution < 1.29 is 0 Å². The second kappa shape index (κ2) is 3.99. The minimum absolute atomic E-state index is 0.0816. The molecule has 0 radical (unpaired) electrons. The zero-order chi connectivity index (χ0) is 10.9. The van der Waals surface area contributed by atoms with Gasteiger partial charge in [-0.1, -0.05) is 27.7 Å². The van der Waals surface area contributed by atoms with Crippen LogP contribution in [0.3, 0.4) is 0 Å². The van der Waals surface area contributed by atoms with Gasteiger partial charge in [0.25, 0.3) is 5.56 Å². The molecule has 0 fully saturated rings. The van der Waals surface area contributed by atoms with Gasteiger partial charge < -0.3 is 4.57 Å². The Balaban J connectivity index is 3.39. The first-order chi connectivity index (χ1) is 6.43. The highest BCUT2D eigenvalue weighted by Crippen LogP contribution is 2.23. The molecule has 0 spiro atoms. The molecule has 2 nitrogen and oxygen atoms in total. The number of hydrogen-bond acceptors (Lipinski definition) is 1. The van der Waals surface area contributed by atoms with E-state index in [4.69, 9.17) is 0 Å². The van der Waals surface area contributed by atoms with Crippen molar-refractivity contribution in [1.29, 1.82) is 0 Å². The van der Waals surface area contributed by atoms with Gasteiger partial charge in [-0.15, -0.1) is 0 Å². The van der Waals surface area contributed by atoms with Crippen molar-refractivity contribution in [2.75, 3.05) is 0 Å². The van der Waals surface area contributed by atoms with Gasteiger partial charge in [0.15, 0.2) is 0 Å². The topological polar surface area (TPSA) is 22.0 Å². The Hall–Kier alpha value is -1.05. The molecule has 2 heteroatoms. The van der Waals surface area contributed by atoms with Gasteiger partial charge in [-0.3, -0.25) is 4.79 Å². The zero-order valence-corrected chi connectivity index (χ0v) is 9.66. The summed E-state index contributed by atoms with van der Waals surface area (Å²) >= 11 is 0. The number of aryl methyl sites for hydroxylation is 1. The van der Waals surface area contributed by atoms with E-state index in [2.05, 4.69) is 27.7 Å². The molecule has 0 atom stereocenters. The Morgan fingerprint density at radius 3 is 2.00 bits per heavy atom. The highest BCUT2D eigenvalue weighted by molar-refractivity contribution is 5.29. The lowest BCUT2D eigenvalue weighted by atomic mass is 9.92. The standard InChI is InChI=1S/C12H19NO/c1-8(2)10-6-12(14)13(5)7-11(10)9(3)4/h6-9H,1-5H3. The quantitative estimate of drug-likeness (QED) is 0.707. The number of aromatic nitrogens is 1. The summed E-state index contributed by atoms with van der Waals surface area (Å²) in [5, 5.41) is 0. The minimum atomic E-state index is 0.0816. The van der Waals surface area contributed by atoms with Gasteiger partial charge >= 0.3 is 0 Å². The number of hydrogen-bond donors (Lipinski definition) is 0. The zero-order valence-electron chi connectivity index (χ0n) is 9.66. The molecule has 14 heavy (non-hydrogen) atoms. The van der Waals surface area contributed by atoms with Crippen LogP contribution in [0.1, 0.15) is 50.7 Å². The summed E-state index contributed by atoms with van der Waals surface area (Å²) in [7, 11) is 1.80. The SMILES string of the molecule is CC(C)c1cc(=O)n(C)cc1C(C)C. The Kier molecular flexibility index (Phi) is 3.14. The molecule has 0 aliphatic rings. The lowest BCUT2D eigenvalue weighted by Crippen LogP contribution is -2.18. The van der Waals surface area contributed by atoms with E-state index in [-0.39, 0.29) is 5.56 Å². The summed E-state index contributed by atoms with van der Waals surface area (Å²) in [5.41, 5.74) is 2.54. The molecule has 1 rings (SSSR count). The van der Waals surface area contributed by atoms with Crippen molar-refractivity contribution in [2.45, 2.75) is 39.5 Å². The highest BCUT2D eigenvalue weighted by Gasteiger charge is 2.11. The first kappa shape index (κ1) is 11.0. The maximum Gasteiger partial charge on any atom is 0.250 e. The van der Waals surface area contributed by atoms with Crippen LogP contribution in [-0.2, 0) is 7.05 Å². The largest absolute Gasteiger partial charge is 0.318 e. The van der Waals surface area contributed by atoms with Crippen molar-refractivity contribution >= 4 is 0 Å². The van der Waals surface area contributed by atoms with Crippen molar-refractivity contribution in [1.82, 2.24) is 4.57 Å². The number of pyridine rings is 1. The van der Waals surface area contributed by atoms with Crippen LogP contribution in [-0.4, -0.2) is 4.57 Å². The molecule has 0 saturated heterocycles. The monoisotopic (exact) mass is 193 g/mol. The van der Waals surface area contributed by atoms with Gasteiger partial charge in [0.1, 0.15) is 0 Å². The Labute approximate surface area is 85.6 Å². The van der Waals surface area contributed by atoms with E-state index in [0.29, 0.717) is 11.8 Å². The van der Waals surface area contributed by atoms with E-state index < -0.39 is 0 Å². The van der Waals surface area contributed by atoms with Gasteiger partial charge in [-0.05, 0) is 23.0 Å². The highest BCUT2D eigenvalue weighted by atomic mass is 16.1. The lowest BCUT2D eigenvalue weighted by molar-refractivity contribution is 0.743. The summed E-state index contributed by atoms with van der Waals surface area (Å²) in [6.45, 7) is 8.57. The number of rotatable bonds is 2. The molecule has 0 bridgehead atoms. The average molecular weight is 193 g/mol. The van der Waals surface area contributed by atoms with Crippen LogP contribution >= 0.6 is 0 Å². The molecule has 0 amide bonds. The summed E-state index contributed by atoms with van der Waals surface area (Å²) in [5.74, 6) is 0.889. The Morgan fingerprint density at radius 2 is 1.57 bits per heavy atom. The summed E-state index contributed by atoms with van der Waals surface area (Å²) in [6, 6.07) is 1.76. The fourth-order valence-corrected chi connectivity index (χ4v) is 1.65. The van der Waals surface area contributed by atoms with Crippen molar-refractivity contribution in [2.24, 2.45) is 7.05 Å². The predicted octanol–water partition coefficient (Wildman–Crippen LogP) is 2.63. The second-order valence-electron chi connectivity index (χ2n) is 4.44. The lowest BCUT2D eigenvalue weighted by Gasteiger charge is -2.16. The Bertz CT molecular complexity index is 374. The molecule has 1 aromatic rings. The van der Waals surface area contributed by atoms with Crippen LogP contribution in [0.15, 0.2) is 17.1 Å². The fourth-order valence-electron chi connectivity index (χ4n) is 1.65. The fraction of sp³-hybridized carbons (Fsp3) is 0.583. The maximum absolute atomic E-state index is 11.5. The van der Waals surface area contributed by atoms with E-state index in [1.54, 1.807) is 17.7 Å².